The molecule has 0 aromatic heterocycles. The monoisotopic (exact) mass is 559 g/mol. The van der Waals surface area contributed by atoms with Crippen LogP contribution in [0, 0.1) is 17.8 Å². The second-order valence-corrected chi connectivity index (χ2v) is 11.7. The fourth-order valence-electron chi connectivity index (χ4n) is 7.47. The van der Waals surface area contributed by atoms with Gasteiger partial charge in [-0.3, -0.25) is 24.1 Å². The van der Waals surface area contributed by atoms with Crippen molar-refractivity contribution < 1.29 is 29.4 Å². The van der Waals surface area contributed by atoms with Crippen LogP contribution in [0.4, 0.5) is 0 Å². The second kappa shape index (κ2) is 9.65. The van der Waals surface area contributed by atoms with Gasteiger partial charge in [-0.25, -0.2) is 0 Å². The van der Waals surface area contributed by atoms with Crippen LogP contribution in [0.5, 0.6) is 11.5 Å². The lowest BCUT2D eigenvalue weighted by molar-refractivity contribution is -0.140. The number of Topliss-reactive ketones (excluding diaryl/α,β-unsaturated/α-hetero) is 1. The first-order chi connectivity index (χ1) is 20.2. The van der Waals surface area contributed by atoms with Gasteiger partial charge in [0.1, 0.15) is 11.5 Å². The SMILES string of the molecule is CC1=CC(=O)C2=C(C1=O)[C@@H](c1c(O)ccc3ccccc13)C1=CC[C@@H]3C(=O)N(CCc4ccc(O)cc4)C(=O)[C@@H]3[C@@H]1C2. The summed E-state index contributed by atoms with van der Waals surface area (Å²) in [7, 11) is 0. The van der Waals surface area contributed by atoms with E-state index in [2.05, 4.69) is 0 Å². The van der Waals surface area contributed by atoms with Gasteiger partial charge < -0.3 is 10.2 Å². The number of carbonyl (C=O) groups is 4. The van der Waals surface area contributed by atoms with Crippen LogP contribution in [0.15, 0.2) is 95.1 Å². The third kappa shape index (κ3) is 3.87. The number of fused-ring (bicyclic) bond motifs is 4. The maximum absolute atomic E-state index is 14.0. The molecule has 3 aliphatic carbocycles. The molecular weight excluding hydrogens is 530 g/mol. The molecule has 210 valence electrons. The zero-order valence-corrected chi connectivity index (χ0v) is 23.0. The topological polar surface area (TPSA) is 112 Å². The van der Waals surface area contributed by atoms with Crippen LogP contribution < -0.4 is 0 Å². The number of rotatable bonds is 4. The predicted octanol–water partition coefficient (Wildman–Crippen LogP) is 4.92. The Hall–Kier alpha value is -4.78. The van der Waals surface area contributed by atoms with E-state index in [0.29, 0.717) is 35.1 Å². The second-order valence-electron chi connectivity index (χ2n) is 11.7. The standard InChI is InChI=1S/C35H29NO6/c1-18-16-28(39)26-17-25-23(31(32(26)33(18)40)30-22-5-3-2-4-20(22)8-13-27(30)38)11-12-24-29(25)35(42)36(34(24)41)15-14-19-6-9-21(37)10-7-19/h2-11,13,16,24-25,29,31,37-38H,12,14-15,17H2,1H3/t24-,25+,29-,31+/m0/s1. The van der Waals surface area contributed by atoms with Crippen molar-refractivity contribution in [3.63, 3.8) is 0 Å². The third-order valence-corrected chi connectivity index (χ3v) is 9.45. The number of likely N-dealkylation sites (tertiary alicyclic amines) is 1. The number of hydrogen-bond donors (Lipinski definition) is 2. The molecule has 3 aromatic carbocycles. The van der Waals surface area contributed by atoms with Gasteiger partial charge in [0.25, 0.3) is 0 Å². The van der Waals surface area contributed by atoms with E-state index in [9.17, 15) is 29.4 Å². The Morgan fingerprint density at radius 1 is 0.881 bits per heavy atom. The molecule has 2 amide bonds. The molecule has 0 bridgehead atoms. The van der Waals surface area contributed by atoms with E-state index in [1.165, 1.54) is 11.0 Å². The van der Waals surface area contributed by atoms with E-state index in [0.717, 1.165) is 21.9 Å². The number of amides is 2. The summed E-state index contributed by atoms with van der Waals surface area (Å²) in [6, 6.07) is 17.7. The summed E-state index contributed by atoms with van der Waals surface area (Å²) < 4.78 is 0. The summed E-state index contributed by atoms with van der Waals surface area (Å²) in [6.07, 6.45) is 4.34. The molecular formula is C35H29NO6. The number of hydrogen-bond acceptors (Lipinski definition) is 6. The van der Waals surface area contributed by atoms with Crippen LogP contribution in [0.2, 0.25) is 0 Å². The molecule has 0 unspecified atom stereocenters. The number of phenols is 2. The van der Waals surface area contributed by atoms with Gasteiger partial charge in [0.05, 0.1) is 11.8 Å². The summed E-state index contributed by atoms with van der Waals surface area (Å²) >= 11 is 0. The van der Waals surface area contributed by atoms with Gasteiger partial charge in [0.2, 0.25) is 11.8 Å². The predicted molar refractivity (Wildman–Crippen MR) is 155 cm³/mol. The van der Waals surface area contributed by atoms with E-state index in [1.807, 2.05) is 36.4 Å². The van der Waals surface area contributed by atoms with Crippen molar-refractivity contribution in [2.45, 2.75) is 32.1 Å². The summed E-state index contributed by atoms with van der Waals surface area (Å²) in [5.41, 5.74) is 3.35. The van der Waals surface area contributed by atoms with Gasteiger partial charge in [0.15, 0.2) is 11.6 Å². The molecule has 4 atom stereocenters. The molecule has 42 heavy (non-hydrogen) atoms. The summed E-state index contributed by atoms with van der Waals surface area (Å²) in [6.45, 7) is 1.85. The van der Waals surface area contributed by atoms with Crippen molar-refractivity contribution in [1.29, 1.82) is 0 Å². The van der Waals surface area contributed by atoms with Crippen molar-refractivity contribution in [2.75, 3.05) is 6.54 Å². The largest absolute Gasteiger partial charge is 0.508 e. The summed E-state index contributed by atoms with van der Waals surface area (Å²) in [4.78, 5) is 56.0. The van der Waals surface area contributed by atoms with Crippen molar-refractivity contribution >= 4 is 34.2 Å². The van der Waals surface area contributed by atoms with Crippen molar-refractivity contribution in [2.24, 2.45) is 17.8 Å². The highest BCUT2D eigenvalue weighted by Gasteiger charge is 2.56. The molecule has 7 heteroatoms. The minimum absolute atomic E-state index is 0.0195. The molecule has 0 radical (unpaired) electrons. The molecule has 1 heterocycles. The van der Waals surface area contributed by atoms with Crippen LogP contribution in [0.1, 0.15) is 36.8 Å². The van der Waals surface area contributed by atoms with Gasteiger partial charge in [0, 0.05) is 34.7 Å². The highest BCUT2D eigenvalue weighted by Crippen LogP contribution is 2.57. The Kier molecular flexibility index (Phi) is 6.01. The Balaban J connectivity index is 1.32. The smallest absolute Gasteiger partial charge is 0.233 e. The molecule has 1 saturated heterocycles. The summed E-state index contributed by atoms with van der Waals surface area (Å²) in [5, 5.41) is 22.5. The minimum Gasteiger partial charge on any atom is -0.508 e. The van der Waals surface area contributed by atoms with Gasteiger partial charge in [-0.05, 0) is 72.7 Å². The maximum Gasteiger partial charge on any atom is 0.233 e. The minimum atomic E-state index is -0.708. The molecule has 0 spiro atoms. The zero-order valence-electron chi connectivity index (χ0n) is 23.0. The fourth-order valence-corrected chi connectivity index (χ4v) is 7.47. The van der Waals surface area contributed by atoms with Crippen LogP contribution in [-0.2, 0) is 25.6 Å². The molecule has 1 aliphatic heterocycles. The number of nitrogens with zero attached hydrogens (tertiary/aromatic N) is 1. The average molecular weight is 560 g/mol. The van der Waals surface area contributed by atoms with Crippen molar-refractivity contribution in [3.8, 4) is 11.5 Å². The Morgan fingerprint density at radius 3 is 2.43 bits per heavy atom. The molecule has 1 fully saturated rings. The van der Waals surface area contributed by atoms with Crippen LogP contribution in [0.25, 0.3) is 10.8 Å². The number of phenolic OH excluding ortho intramolecular Hbond substituents is 2. The lowest BCUT2D eigenvalue weighted by Crippen LogP contribution is -2.40. The van der Waals surface area contributed by atoms with Crippen molar-refractivity contribution in [3.05, 3.63) is 106 Å². The lowest BCUT2D eigenvalue weighted by Gasteiger charge is -2.42. The average Bonchev–Trinajstić information content (AvgIpc) is 3.23. The fraction of sp³-hybridized carbons (Fsp3) is 0.257. The first kappa shape index (κ1) is 26.1. The number of imide groups is 1. The van der Waals surface area contributed by atoms with Gasteiger partial charge in [-0.2, -0.15) is 0 Å². The highest BCUT2D eigenvalue weighted by atomic mass is 16.3. The summed E-state index contributed by atoms with van der Waals surface area (Å²) in [5.74, 6) is -3.15. The number of allylic oxidation sites excluding steroid dienone is 6. The third-order valence-electron chi connectivity index (χ3n) is 9.45. The number of ketones is 2. The van der Waals surface area contributed by atoms with E-state index < -0.39 is 23.7 Å². The van der Waals surface area contributed by atoms with E-state index >= 15 is 0 Å². The van der Waals surface area contributed by atoms with E-state index in [4.69, 9.17) is 0 Å². The van der Waals surface area contributed by atoms with E-state index in [1.54, 1.807) is 37.3 Å². The van der Waals surface area contributed by atoms with Gasteiger partial charge >= 0.3 is 0 Å². The van der Waals surface area contributed by atoms with Crippen LogP contribution in [-0.4, -0.2) is 45.0 Å². The molecule has 7 nitrogen and oxygen atoms in total. The Labute approximate surface area is 242 Å². The quantitative estimate of drug-likeness (QED) is 0.267. The number of carbonyl (C=O) groups excluding carboxylic acids is 4. The number of benzene rings is 3. The van der Waals surface area contributed by atoms with Crippen LogP contribution in [0.3, 0.4) is 0 Å². The molecule has 2 N–H and O–H groups in total. The molecule has 3 aromatic rings. The van der Waals surface area contributed by atoms with Crippen LogP contribution >= 0.6 is 0 Å². The lowest BCUT2D eigenvalue weighted by atomic mass is 9.59. The highest BCUT2D eigenvalue weighted by molar-refractivity contribution is 6.24. The van der Waals surface area contributed by atoms with Gasteiger partial charge in [-0.1, -0.05) is 54.1 Å². The molecule has 7 rings (SSSR count). The molecule has 0 saturated carbocycles. The normalized spacial score (nSPS) is 25.3. The Bertz CT molecular complexity index is 1810. The zero-order chi connectivity index (χ0) is 29.3. The first-order valence-electron chi connectivity index (χ1n) is 14.3. The number of aromatic hydroxyl groups is 2. The van der Waals surface area contributed by atoms with Crippen molar-refractivity contribution in [1.82, 2.24) is 4.90 Å². The maximum atomic E-state index is 14.0. The Morgan fingerprint density at radius 2 is 1.64 bits per heavy atom. The molecule has 4 aliphatic rings. The first-order valence-corrected chi connectivity index (χ1v) is 14.3. The van der Waals surface area contributed by atoms with E-state index in [-0.39, 0.29) is 47.8 Å². The van der Waals surface area contributed by atoms with Gasteiger partial charge in [-0.15, -0.1) is 0 Å².